The molecule has 1 aromatic carbocycles. The van der Waals surface area contributed by atoms with Crippen LogP contribution in [-0.2, 0) is 17.5 Å². The summed E-state index contributed by atoms with van der Waals surface area (Å²) in [5.41, 5.74) is 5.94. The van der Waals surface area contributed by atoms with Crippen LogP contribution in [0.2, 0.25) is 0 Å². The van der Waals surface area contributed by atoms with Crippen molar-refractivity contribution in [2.75, 3.05) is 19.5 Å². The number of nitrogens with two attached hydrogens (primary N) is 1. The van der Waals surface area contributed by atoms with Crippen LogP contribution in [0.3, 0.4) is 0 Å². The number of rotatable bonds is 5. The maximum atomic E-state index is 12.6. The third-order valence-electron chi connectivity index (χ3n) is 3.09. The van der Waals surface area contributed by atoms with Crippen molar-refractivity contribution < 1.29 is 17.9 Å². The van der Waals surface area contributed by atoms with E-state index in [0.717, 1.165) is 25.0 Å². The number of anilines is 1. The molecule has 0 aliphatic heterocycles. The largest absolute Gasteiger partial charge is 0.416 e. The molecule has 1 heterocycles. The van der Waals surface area contributed by atoms with Gasteiger partial charge in [-0.05, 0) is 31.0 Å². The number of methoxy groups -OCH3 is 1. The second-order valence-corrected chi connectivity index (χ2v) is 4.52. The summed E-state index contributed by atoms with van der Waals surface area (Å²) < 4.78 is 44.6. The van der Waals surface area contributed by atoms with E-state index in [2.05, 4.69) is 4.98 Å². The van der Waals surface area contributed by atoms with E-state index in [1.807, 2.05) is 0 Å². The zero-order valence-electron chi connectivity index (χ0n) is 11.1. The SMILES string of the molecule is COCCCCn1c(N)nc2cc(C(F)(F)F)ccc21. The Kier molecular flexibility index (Phi) is 4.17. The molecular weight excluding hydrogens is 271 g/mol. The van der Waals surface area contributed by atoms with Crippen molar-refractivity contribution in [2.45, 2.75) is 25.6 Å². The Balaban J connectivity index is 2.26. The minimum atomic E-state index is -4.37. The minimum Gasteiger partial charge on any atom is -0.385 e. The molecule has 0 radical (unpaired) electrons. The van der Waals surface area contributed by atoms with Gasteiger partial charge in [0, 0.05) is 20.3 Å². The summed E-state index contributed by atoms with van der Waals surface area (Å²) in [5.74, 6) is 0.233. The molecular formula is C13H16F3N3O. The van der Waals surface area contributed by atoms with Crippen LogP contribution >= 0.6 is 0 Å². The lowest BCUT2D eigenvalue weighted by molar-refractivity contribution is -0.137. The maximum Gasteiger partial charge on any atom is 0.416 e. The maximum absolute atomic E-state index is 12.6. The van der Waals surface area contributed by atoms with Gasteiger partial charge in [-0.3, -0.25) is 0 Å². The quantitative estimate of drug-likeness (QED) is 0.860. The fourth-order valence-electron chi connectivity index (χ4n) is 2.08. The van der Waals surface area contributed by atoms with E-state index in [9.17, 15) is 13.2 Å². The van der Waals surface area contributed by atoms with Gasteiger partial charge in [0.2, 0.25) is 5.95 Å². The highest BCUT2D eigenvalue weighted by atomic mass is 19.4. The number of imidazole rings is 1. The Morgan fingerprint density at radius 3 is 2.70 bits per heavy atom. The molecule has 110 valence electrons. The van der Waals surface area contributed by atoms with Crippen LogP contribution in [0, 0.1) is 0 Å². The molecule has 0 atom stereocenters. The average Bonchev–Trinajstić information content (AvgIpc) is 2.69. The number of hydrogen-bond acceptors (Lipinski definition) is 3. The van der Waals surface area contributed by atoms with E-state index in [4.69, 9.17) is 10.5 Å². The summed E-state index contributed by atoms with van der Waals surface area (Å²) in [6.45, 7) is 1.25. The van der Waals surface area contributed by atoms with Crippen LogP contribution in [0.15, 0.2) is 18.2 Å². The number of aromatic nitrogens is 2. The molecule has 0 saturated carbocycles. The van der Waals surface area contributed by atoms with Crippen LogP contribution < -0.4 is 5.73 Å². The summed E-state index contributed by atoms with van der Waals surface area (Å²) in [4.78, 5) is 4.00. The van der Waals surface area contributed by atoms with Crippen molar-refractivity contribution in [1.82, 2.24) is 9.55 Å². The molecule has 0 fully saturated rings. The van der Waals surface area contributed by atoms with E-state index in [1.54, 1.807) is 11.7 Å². The Labute approximate surface area is 114 Å². The zero-order chi connectivity index (χ0) is 14.8. The van der Waals surface area contributed by atoms with Gasteiger partial charge in [-0.1, -0.05) is 0 Å². The van der Waals surface area contributed by atoms with Gasteiger partial charge in [-0.15, -0.1) is 0 Å². The van der Waals surface area contributed by atoms with Crippen LogP contribution in [0.25, 0.3) is 11.0 Å². The third-order valence-corrected chi connectivity index (χ3v) is 3.09. The topological polar surface area (TPSA) is 53.1 Å². The second kappa shape index (κ2) is 5.70. The number of nitrogens with zero attached hydrogens (tertiary/aromatic N) is 2. The van der Waals surface area contributed by atoms with Gasteiger partial charge in [-0.2, -0.15) is 13.2 Å². The van der Waals surface area contributed by atoms with Crippen LogP contribution in [0.5, 0.6) is 0 Å². The summed E-state index contributed by atoms with van der Waals surface area (Å²) in [5, 5.41) is 0. The zero-order valence-corrected chi connectivity index (χ0v) is 11.1. The van der Waals surface area contributed by atoms with Gasteiger partial charge < -0.3 is 15.0 Å². The number of alkyl halides is 3. The van der Waals surface area contributed by atoms with Crippen LogP contribution in [-0.4, -0.2) is 23.3 Å². The molecule has 7 heteroatoms. The van der Waals surface area contributed by atoms with Gasteiger partial charge >= 0.3 is 6.18 Å². The summed E-state index contributed by atoms with van der Waals surface area (Å²) in [6.07, 6.45) is -2.69. The van der Waals surface area contributed by atoms with E-state index in [1.165, 1.54) is 6.07 Å². The molecule has 1 aromatic heterocycles. The second-order valence-electron chi connectivity index (χ2n) is 4.52. The van der Waals surface area contributed by atoms with Crippen molar-refractivity contribution in [3.05, 3.63) is 23.8 Å². The highest BCUT2D eigenvalue weighted by Crippen LogP contribution is 2.31. The fraction of sp³-hybridized carbons (Fsp3) is 0.462. The van der Waals surface area contributed by atoms with Gasteiger partial charge in [0.15, 0.2) is 0 Å². The van der Waals surface area contributed by atoms with Crippen molar-refractivity contribution in [1.29, 1.82) is 0 Å². The first-order valence-electron chi connectivity index (χ1n) is 6.25. The van der Waals surface area contributed by atoms with Crippen molar-refractivity contribution in [2.24, 2.45) is 0 Å². The molecule has 0 spiro atoms. The molecule has 2 rings (SSSR count). The number of nitrogen functional groups attached to an aromatic ring is 1. The first-order valence-corrected chi connectivity index (χ1v) is 6.25. The number of hydrogen-bond donors (Lipinski definition) is 1. The van der Waals surface area contributed by atoms with Crippen LogP contribution in [0.4, 0.5) is 19.1 Å². The van der Waals surface area contributed by atoms with Gasteiger partial charge in [0.1, 0.15) is 0 Å². The molecule has 4 nitrogen and oxygen atoms in total. The number of ether oxygens (including phenoxy) is 1. The Hall–Kier alpha value is -1.76. The molecule has 0 saturated heterocycles. The Morgan fingerprint density at radius 2 is 2.05 bits per heavy atom. The van der Waals surface area contributed by atoms with Gasteiger partial charge in [-0.25, -0.2) is 4.98 Å². The summed E-state index contributed by atoms with van der Waals surface area (Å²) in [6, 6.07) is 3.49. The van der Waals surface area contributed by atoms with E-state index < -0.39 is 11.7 Å². The summed E-state index contributed by atoms with van der Waals surface area (Å²) in [7, 11) is 1.62. The number of halogens is 3. The number of aryl methyl sites for hydroxylation is 1. The lowest BCUT2D eigenvalue weighted by atomic mass is 10.2. The Bertz CT molecular complexity index is 592. The molecule has 2 N–H and O–H groups in total. The van der Waals surface area contributed by atoms with Crippen molar-refractivity contribution in [3.8, 4) is 0 Å². The average molecular weight is 287 g/mol. The normalized spacial score (nSPS) is 12.2. The predicted molar refractivity (Wildman–Crippen MR) is 70.3 cm³/mol. The lowest BCUT2D eigenvalue weighted by Crippen LogP contribution is -2.05. The van der Waals surface area contributed by atoms with E-state index >= 15 is 0 Å². The smallest absolute Gasteiger partial charge is 0.385 e. The standard InChI is InChI=1S/C13H16F3N3O/c1-20-7-3-2-6-19-11-5-4-9(13(14,15)16)8-10(11)18-12(19)17/h4-5,8H,2-3,6-7H2,1H3,(H2,17,18). The molecule has 0 aliphatic rings. The predicted octanol–water partition coefficient (Wildman–Crippen LogP) is 3.06. The molecule has 0 aliphatic carbocycles. The third kappa shape index (κ3) is 3.04. The first-order chi connectivity index (χ1) is 9.43. The van der Waals surface area contributed by atoms with Crippen molar-refractivity contribution in [3.63, 3.8) is 0 Å². The molecule has 2 aromatic rings. The first kappa shape index (κ1) is 14.6. The van der Waals surface area contributed by atoms with Gasteiger partial charge in [0.05, 0.1) is 16.6 Å². The number of unbranched alkanes of at least 4 members (excludes halogenated alkanes) is 1. The Morgan fingerprint density at radius 1 is 1.30 bits per heavy atom. The summed E-state index contributed by atoms with van der Waals surface area (Å²) >= 11 is 0. The number of benzene rings is 1. The molecule has 0 unspecified atom stereocenters. The highest BCUT2D eigenvalue weighted by Gasteiger charge is 2.31. The molecule has 0 amide bonds. The molecule has 0 bridgehead atoms. The van der Waals surface area contributed by atoms with E-state index in [-0.39, 0.29) is 11.5 Å². The number of fused-ring (bicyclic) bond motifs is 1. The van der Waals surface area contributed by atoms with Gasteiger partial charge in [0.25, 0.3) is 0 Å². The van der Waals surface area contributed by atoms with Crippen LogP contribution in [0.1, 0.15) is 18.4 Å². The van der Waals surface area contributed by atoms with Crippen molar-refractivity contribution >= 4 is 17.0 Å². The molecule has 20 heavy (non-hydrogen) atoms. The monoisotopic (exact) mass is 287 g/mol. The lowest BCUT2D eigenvalue weighted by Gasteiger charge is -2.08. The highest BCUT2D eigenvalue weighted by molar-refractivity contribution is 5.79. The van der Waals surface area contributed by atoms with E-state index in [0.29, 0.717) is 18.7 Å². The minimum absolute atomic E-state index is 0.233. The fourth-order valence-corrected chi connectivity index (χ4v) is 2.08.